The van der Waals surface area contributed by atoms with E-state index in [0.717, 1.165) is 11.4 Å². The lowest BCUT2D eigenvalue weighted by Crippen LogP contribution is -2.13. The van der Waals surface area contributed by atoms with E-state index in [1.165, 1.54) is 99.6 Å². The van der Waals surface area contributed by atoms with Crippen molar-refractivity contribution < 1.29 is 0 Å². The molecule has 0 spiro atoms. The second-order valence-electron chi connectivity index (χ2n) is 15.5. The molecule has 2 heteroatoms. The van der Waals surface area contributed by atoms with Crippen LogP contribution in [0, 0.1) is 27.7 Å². The van der Waals surface area contributed by atoms with Crippen LogP contribution in [0.5, 0.6) is 0 Å². The van der Waals surface area contributed by atoms with E-state index in [2.05, 4.69) is 232 Å². The minimum absolute atomic E-state index is 1.13. The molecule has 10 rings (SSSR count). The van der Waals surface area contributed by atoms with Gasteiger partial charge in [0.25, 0.3) is 0 Å². The molecular formula is C56H44N2. The maximum atomic E-state index is 2.48. The summed E-state index contributed by atoms with van der Waals surface area (Å²) in [6.07, 6.45) is 0. The molecule has 10 aromatic carbocycles. The number of para-hydroxylation sites is 2. The second kappa shape index (κ2) is 14.4. The van der Waals surface area contributed by atoms with Crippen LogP contribution in [0.2, 0.25) is 0 Å². The van der Waals surface area contributed by atoms with Crippen molar-refractivity contribution in [2.24, 2.45) is 0 Å². The molecule has 0 fully saturated rings. The number of aryl methyl sites for hydroxylation is 2. The fourth-order valence-corrected chi connectivity index (χ4v) is 9.23. The quantitative estimate of drug-likeness (QED) is 0.143. The van der Waals surface area contributed by atoms with Crippen molar-refractivity contribution >= 4 is 66.4 Å². The molecule has 10 aromatic rings. The SMILES string of the molecule is Cc1c(-c2ccccc2)cccc1N(c1ccccc1)c1cc(C)c2ccc3c(N(c4ccccc4)c4cccc(-c5ccccc5)c4C)cc(C)c4ccc1c2c43. The Morgan fingerprint density at radius 1 is 0.293 bits per heavy atom. The van der Waals surface area contributed by atoms with E-state index in [-0.39, 0.29) is 0 Å². The molecule has 0 saturated carbocycles. The normalized spacial score (nSPS) is 11.4. The number of anilines is 6. The number of rotatable bonds is 8. The summed E-state index contributed by atoms with van der Waals surface area (Å²) in [4.78, 5) is 4.95. The third-order valence-electron chi connectivity index (χ3n) is 12.0. The Labute approximate surface area is 341 Å². The maximum absolute atomic E-state index is 2.48. The molecule has 0 bridgehead atoms. The van der Waals surface area contributed by atoms with Gasteiger partial charge in [0.2, 0.25) is 0 Å². The Balaban J connectivity index is 1.25. The van der Waals surface area contributed by atoms with Gasteiger partial charge >= 0.3 is 0 Å². The molecule has 0 N–H and O–H groups in total. The molecule has 0 heterocycles. The Morgan fingerprint density at radius 3 is 1.02 bits per heavy atom. The fourth-order valence-electron chi connectivity index (χ4n) is 9.23. The van der Waals surface area contributed by atoms with Crippen LogP contribution in [0.15, 0.2) is 194 Å². The van der Waals surface area contributed by atoms with Gasteiger partial charge in [-0.2, -0.15) is 0 Å². The van der Waals surface area contributed by atoms with Crippen LogP contribution in [0.1, 0.15) is 22.3 Å². The van der Waals surface area contributed by atoms with Crippen LogP contribution in [0.25, 0.3) is 54.6 Å². The summed E-state index contributed by atoms with van der Waals surface area (Å²) in [7, 11) is 0. The minimum atomic E-state index is 1.13. The van der Waals surface area contributed by atoms with Crippen LogP contribution in [-0.4, -0.2) is 0 Å². The average Bonchev–Trinajstić information content (AvgIpc) is 3.27. The average molecular weight is 745 g/mol. The molecule has 58 heavy (non-hydrogen) atoms. The van der Waals surface area contributed by atoms with Crippen LogP contribution in [-0.2, 0) is 0 Å². The van der Waals surface area contributed by atoms with Crippen molar-refractivity contribution in [2.75, 3.05) is 9.80 Å². The summed E-state index contributed by atoms with van der Waals surface area (Å²) >= 11 is 0. The second-order valence-corrected chi connectivity index (χ2v) is 15.5. The van der Waals surface area contributed by atoms with Gasteiger partial charge in [0.05, 0.1) is 11.4 Å². The highest BCUT2D eigenvalue weighted by atomic mass is 15.2. The molecule has 2 nitrogen and oxygen atoms in total. The van der Waals surface area contributed by atoms with Crippen molar-refractivity contribution in [2.45, 2.75) is 27.7 Å². The third-order valence-corrected chi connectivity index (χ3v) is 12.0. The summed E-state index contributed by atoms with van der Waals surface area (Å²) in [6, 6.07) is 70.8. The molecular weight excluding hydrogens is 701 g/mol. The van der Waals surface area contributed by atoms with Gasteiger partial charge < -0.3 is 9.80 Å². The largest absolute Gasteiger partial charge is 0.310 e. The lowest BCUT2D eigenvalue weighted by molar-refractivity contribution is 1.25. The highest BCUT2D eigenvalue weighted by Crippen LogP contribution is 2.50. The Hall–Kier alpha value is -7.16. The summed E-state index contributed by atoms with van der Waals surface area (Å²) < 4.78 is 0. The van der Waals surface area contributed by atoms with Gasteiger partial charge in [-0.3, -0.25) is 0 Å². The predicted octanol–water partition coefficient (Wildman–Crippen LogP) is 16.1. The van der Waals surface area contributed by atoms with E-state index in [1.54, 1.807) is 0 Å². The van der Waals surface area contributed by atoms with Crippen LogP contribution in [0.3, 0.4) is 0 Å². The van der Waals surface area contributed by atoms with E-state index in [0.29, 0.717) is 0 Å². The van der Waals surface area contributed by atoms with Crippen LogP contribution in [0.4, 0.5) is 34.1 Å². The van der Waals surface area contributed by atoms with Crippen molar-refractivity contribution in [1.82, 2.24) is 0 Å². The van der Waals surface area contributed by atoms with Gasteiger partial charge in [0.15, 0.2) is 0 Å². The molecule has 0 aliphatic heterocycles. The number of nitrogens with zero attached hydrogens (tertiary/aromatic N) is 2. The molecule has 0 radical (unpaired) electrons. The first-order valence-corrected chi connectivity index (χ1v) is 20.2. The number of hydrogen-bond donors (Lipinski definition) is 0. The molecule has 0 aliphatic carbocycles. The number of hydrogen-bond acceptors (Lipinski definition) is 2. The molecule has 0 aromatic heterocycles. The Bertz CT molecular complexity index is 2870. The highest BCUT2D eigenvalue weighted by molar-refractivity contribution is 6.29. The first-order valence-electron chi connectivity index (χ1n) is 20.2. The summed E-state index contributed by atoms with van der Waals surface area (Å²) in [5.74, 6) is 0. The maximum Gasteiger partial charge on any atom is 0.0543 e. The van der Waals surface area contributed by atoms with Crippen molar-refractivity contribution in [1.29, 1.82) is 0 Å². The molecule has 0 amide bonds. The molecule has 0 unspecified atom stereocenters. The summed E-state index contributed by atoms with van der Waals surface area (Å²) in [6.45, 7) is 9.07. The van der Waals surface area contributed by atoms with Crippen molar-refractivity contribution in [3.63, 3.8) is 0 Å². The smallest absolute Gasteiger partial charge is 0.0543 e. The van der Waals surface area contributed by atoms with Gasteiger partial charge in [0, 0.05) is 33.5 Å². The molecule has 0 saturated heterocycles. The van der Waals surface area contributed by atoms with Gasteiger partial charge in [-0.05, 0) is 142 Å². The molecule has 0 atom stereocenters. The third kappa shape index (κ3) is 5.80. The van der Waals surface area contributed by atoms with E-state index < -0.39 is 0 Å². The summed E-state index contributed by atoms with van der Waals surface area (Å²) in [5, 5.41) is 7.63. The van der Waals surface area contributed by atoms with Gasteiger partial charge in [-0.15, -0.1) is 0 Å². The first kappa shape index (κ1) is 35.3. The number of benzene rings is 10. The zero-order valence-electron chi connectivity index (χ0n) is 33.4. The Morgan fingerprint density at radius 2 is 0.638 bits per heavy atom. The van der Waals surface area contributed by atoms with Gasteiger partial charge in [-0.25, -0.2) is 0 Å². The van der Waals surface area contributed by atoms with Gasteiger partial charge in [0.1, 0.15) is 0 Å². The topological polar surface area (TPSA) is 6.48 Å². The monoisotopic (exact) mass is 744 g/mol. The minimum Gasteiger partial charge on any atom is -0.310 e. The fraction of sp³-hybridized carbons (Fsp3) is 0.0714. The standard InChI is InChI=1S/C56H44N2/c1-37-35-53(57(43-23-13-7-14-24-43)51-29-17-27-47(39(51)3)41-19-9-5-10-20-41)49-34-32-46-38(2)36-54(50-33-31-45(37)55(49)56(46)50)58(44-25-15-8-16-26-44)52-30-18-28-48(40(52)4)42-21-11-6-12-22-42/h5-36H,1-4H3. The summed E-state index contributed by atoms with van der Waals surface area (Å²) in [5.41, 5.74) is 16.9. The Kier molecular flexibility index (Phi) is 8.76. The molecule has 278 valence electrons. The van der Waals surface area contributed by atoms with Crippen LogP contribution < -0.4 is 9.80 Å². The highest BCUT2D eigenvalue weighted by Gasteiger charge is 2.25. The zero-order chi connectivity index (χ0) is 39.3. The van der Waals surface area contributed by atoms with Crippen LogP contribution >= 0.6 is 0 Å². The lowest BCUT2D eigenvalue weighted by Gasteiger charge is -2.32. The van der Waals surface area contributed by atoms with Gasteiger partial charge in [-0.1, -0.05) is 146 Å². The van der Waals surface area contributed by atoms with Crippen molar-refractivity contribution in [3.8, 4) is 22.3 Å². The predicted molar refractivity (Wildman–Crippen MR) is 249 cm³/mol. The van der Waals surface area contributed by atoms with E-state index in [9.17, 15) is 0 Å². The van der Waals surface area contributed by atoms with Crippen molar-refractivity contribution in [3.05, 3.63) is 216 Å². The zero-order valence-corrected chi connectivity index (χ0v) is 33.4. The van der Waals surface area contributed by atoms with E-state index in [1.807, 2.05) is 0 Å². The molecule has 0 aliphatic rings. The lowest BCUT2D eigenvalue weighted by atomic mass is 9.88. The first-order chi connectivity index (χ1) is 28.5. The van der Waals surface area contributed by atoms with E-state index >= 15 is 0 Å². The van der Waals surface area contributed by atoms with E-state index in [4.69, 9.17) is 0 Å².